The number of benzene rings is 1. The van der Waals surface area contributed by atoms with Crippen LogP contribution >= 0.6 is 0 Å². The van der Waals surface area contributed by atoms with E-state index in [-0.39, 0.29) is 12.0 Å². The average molecular weight is 485 g/mol. The Morgan fingerprint density at radius 3 is 2.62 bits per heavy atom. The molecule has 2 aliphatic rings. The van der Waals surface area contributed by atoms with E-state index in [1.54, 1.807) is 13.3 Å². The van der Waals surface area contributed by atoms with Crippen molar-refractivity contribution < 1.29 is 18.3 Å². The summed E-state index contributed by atoms with van der Waals surface area (Å²) in [5.41, 5.74) is 3.94. The second-order valence-electron chi connectivity index (χ2n) is 9.63. The highest BCUT2D eigenvalue weighted by atomic mass is 32.2. The number of hydrogen-bond donors (Lipinski definition) is 1. The number of fused-ring (bicyclic) bond motifs is 4. The summed E-state index contributed by atoms with van der Waals surface area (Å²) >= 11 is 0. The molecule has 1 spiro atoms. The van der Waals surface area contributed by atoms with Gasteiger partial charge in [0.2, 0.25) is 10.0 Å². The Bertz CT molecular complexity index is 1300. The Kier molecular flexibility index (Phi) is 5.92. The van der Waals surface area contributed by atoms with Crippen molar-refractivity contribution >= 4 is 20.9 Å². The normalized spacial score (nSPS) is 21.1. The number of methoxy groups -OCH3 is 1. The lowest BCUT2D eigenvalue weighted by Crippen LogP contribution is -2.55. The molecule has 1 fully saturated rings. The van der Waals surface area contributed by atoms with Crippen LogP contribution in [0.1, 0.15) is 35.7 Å². The summed E-state index contributed by atoms with van der Waals surface area (Å²) < 4.78 is 34.8. The van der Waals surface area contributed by atoms with Gasteiger partial charge in [-0.25, -0.2) is 8.42 Å². The summed E-state index contributed by atoms with van der Waals surface area (Å²) in [5, 5.41) is 11.5. The lowest BCUT2D eigenvalue weighted by atomic mass is 9.69. The van der Waals surface area contributed by atoms with Gasteiger partial charge in [0.1, 0.15) is 5.75 Å². The van der Waals surface area contributed by atoms with Crippen molar-refractivity contribution in [1.82, 2.24) is 18.8 Å². The Labute approximate surface area is 200 Å². The lowest BCUT2D eigenvalue weighted by molar-refractivity contribution is 0.0920. The number of sulfonamides is 1. The van der Waals surface area contributed by atoms with E-state index >= 15 is 0 Å². The molecule has 0 amide bonds. The number of aliphatic hydroxyl groups excluding tert-OH is 1. The quantitative estimate of drug-likeness (QED) is 0.599. The van der Waals surface area contributed by atoms with Crippen molar-refractivity contribution in [2.45, 2.75) is 30.8 Å². The molecule has 2 aromatic heterocycles. The first-order valence-electron chi connectivity index (χ1n) is 11.6. The molecule has 8 nitrogen and oxygen atoms in total. The van der Waals surface area contributed by atoms with Crippen molar-refractivity contribution in [3.8, 4) is 5.75 Å². The van der Waals surface area contributed by atoms with Gasteiger partial charge in [-0.2, -0.15) is 4.31 Å². The molecule has 5 rings (SSSR count). The highest BCUT2D eigenvalue weighted by Crippen LogP contribution is 2.50. The third kappa shape index (κ3) is 3.80. The Balaban J connectivity index is 1.60. The van der Waals surface area contributed by atoms with E-state index in [1.165, 1.54) is 21.7 Å². The molecule has 0 saturated carbocycles. The number of hydrogen-bond acceptors (Lipinski definition) is 6. The fourth-order valence-electron chi connectivity index (χ4n) is 5.96. The second-order valence-corrected chi connectivity index (χ2v) is 11.6. The van der Waals surface area contributed by atoms with E-state index in [1.807, 2.05) is 31.4 Å². The van der Waals surface area contributed by atoms with Gasteiger partial charge in [-0.3, -0.25) is 9.88 Å². The number of aromatic nitrogens is 2. The predicted molar refractivity (Wildman–Crippen MR) is 131 cm³/mol. The molecule has 182 valence electrons. The molecular weight excluding hydrogens is 452 g/mol. The number of ether oxygens (including phenoxy) is 1. The van der Waals surface area contributed by atoms with Crippen LogP contribution in [-0.4, -0.2) is 71.9 Å². The molecule has 34 heavy (non-hydrogen) atoms. The van der Waals surface area contributed by atoms with Crippen LogP contribution in [0.15, 0.2) is 42.7 Å². The molecule has 1 saturated heterocycles. The summed E-state index contributed by atoms with van der Waals surface area (Å²) in [5.74, 6) is 0.756. The molecule has 1 aromatic carbocycles. The van der Waals surface area contributed by atoms with Gasteiger partial charge in [-0.05, 0) is 55.3 Å². The maximum absolute atomic E-state index is 12.9. The van der Waals surface area contributed by atoms with Crippen molar-refractivity contribution in [2.24, 2.45) is 7.05 Å². The number of aryl methyl sites for hydroxylation is 1. The molecule has 9 heteroatoms. The Hall–Kier alpha value is -2.46. The van der Waals surface area contributed by atoms with Crippen LogP contribution in [0.2, 0.25) is 0 Å². The highest BCUT2D eigenvalue weighted by Gasteiger charge is 2.50. The first-order valence-corrected chi connectivity index (χ1v) is 13.5. The van der Waals surface area contributed by atoms with Gasteiger partial charge in [0.15, 0.2) is 0 Å². The lowest BCUT2D eigenvalue weighted by Gasteiger charge is -2.49. The van der Waals surface area contributed by atoms with Crippen LogP contribution in [0.25, 0.3) is 10.9 Å². The molecule has 0 aliphatic carbocycles. The fourth-order valence-corrected chi connectivity index (χ4v) is 7.07. The van der Waals surface area contributed by atoms with Crippen LogP contribution in [0.5, 0.6) is 5.75 Å². The zero-order chi connectivity index (χ0) is 24.1. The summed E-state index contributed by atoms with van der Waals surface area (Å²) in [6.07, 6.45) is 6.62. The summed E-state index contributed by atoms with van der Waals surface area (Å²) in [6.45, 7) is 2.68. The van der Waals surface area contributed by atoms with Crippen molar-refractivity contribution in [1.29, 1.82) is 0 Å². The van der Waals surface area contributed by atoms with Gasteiger partial charge >= 0.3 is 0 Å². The molecule has 0 unspecified atom stereocenters. The van der Waals surface area contributed by atoms with Crippen molar-refractivity contribution in [3.05, 3.63) is 59.5 Å². The molecule has 1 atom stereocenters. The number of nitrogens with zero attached hydrogens (tertiary/aromatic N) is 4. The smallest absolute Gasteiger partial charge is 0.211 e. The third-order valence-electron chi connectivity index (χ3n) is 7.65. The van der Waals surface area contributed by atoms with E-state index in [0.717, 1.165) is 54.8 Å². The summed E-state index contributed by atoms with van der Waals surface area (Å²) in [6, 6.07) is 9.49. The standard InChI is InChI=1S/C25H32N4O4S/c1-27-21-13-19(33-2)6-7-20(21)23-24(27)22(16-30)29(34(3,31)32)17-25(23)8-11-28(12-9-25)15-18-5-4-10-26-14-18/h4-7,10,13-14,22,30H,8-9,11-12,15-17H2,1-3H3/t22-/m0/s1. The Morgan fingerprint density at radius 1 is 1.24 bits per heavy atom. The van der Waals surface area contributed by atoms with E-state index in [2.05, 4.69) is 26.6 Å². The van der Waals surface area contributed by atoms with Crippen LogP contribution in [0.4, 0.5) is 0 Å². The summed E-state index contributed by atoms with van der Waals surface area (Å²) in [4.78, 5) is 6.65. The number of aliphatic hydroxyl groups is 1. The van der Waals surface area contributed by atoms with E-state index in [9.17, 15) is 13.5 Å². The maximum Gasteiger partial charge on any atom is 0.211 e. The minimum absolute atomic E-state index is 0.259. The second kappa shape index (κ2) is 8.64. The molecule has 0 bridgehead atoms. The third-order valence-corrected chi connectivity index (χ3v) is 8.88. The minimum atomic E-state index is -3.52. The topological polar surface area (TPSA) is 87.9 Å². The fraction of sp³-hybridized carbons (Fsp3) is 0.480. The van der Waals surface area contributed by atoms with E-state index < -0.39 is 16.1 Å². The van der Waals surface area contributed by atoms with Crippen molar-refractivity contribution in [3.63, 3.8) is 0 Å². The molecule has 2 aliphatic heterocycles. The first-order chi connectivity index (χ1) is 16.3. The van der Waals surface area contributed by atoms with Crippen LogP contribution in [0.3, 0.4) is 0 Å². The zero-order valence-electron chi connectivity index (χ0n) is 19.9. The zero-order valence-corrected chi connectivity index (χ0v) is 20.8. The Morgan fingerprint density at radius 2 is 2.00 bits per heavy atom. The number of likely N-dealkylation sites (tertiary alicyclic amines) is 1. The molecule has 4 heterocycles. The van der Waals surface area contributed by atoms with Gasteiger partial charge in [-0.1, -0.05) is 6.07 Å². The van der Waals surface area contributed by atoms with Gasteiger partial charge in [0.05, 0.1) is 31.5 Å². The minimum Gasteiger partial charge on any atom is -0.497 e. The van der Waals surface area contributed by atoms with E-state index in [4.69, 9.17) is 4.74 Å². The summed E-state index contributed by atoms with van der Waals surface area (Å²) in [7, 11) is 0.0820. The van der Waals surface area contributed by atoms with Crippen LogP contribution in [0, 0.1) is 0 Å². The molecule has 1 N–H and O–H groups in total. The molecular formula is C25H32N4O4S. The van der Waals surface area contributed by atoms with Crippen molar-refractivity contribution in [2.75, 3.05) is 39.6 Å². The number of pyridine rings is 1. The predicted octanol–water partition coefficient (Wildman–Crippen LogP) is 2.42. The number of rotatable bonds is 5. The van der Waals surface area contributed by atoms with Gasteiger partial charge < -0.3 is 14.4 Å². The number of piperidine rings is 1. The van der Waals surface area contributed by atoms with Gasteiger partial charge in [0.25, 0.3) is 0 Å². The largest absolute Gasteiger partial charge is 0.497 e. The van der Waals surface area contributed by atoms with Crippen LogP contribution in [-0.2, 0) is 29.0 Å². The SMILES string of the molecule is COc1ccc2c3c(n(C)c2c1)[C@H](CO)N(S(C)(=O)=O)CC31CCN(Cc2cccnc2)CC1. The first kappa shape index (κ1) is 23.3. The van der Waals surface area contributed by atoms with Gasteiger partial charge in [-0.15, -0.1) is 0 Å². The van der Waals surface area contributed by atoms with Gasteiger partial charge in [0, 0.05) is 55.1 Å². The van der Waals surface area contributed by atoms with E-state index in [0.29, 0.717) is 6.54 Å². The molecule has 3 aromatic rings. The average Bonchev–Trinajstić information content (AvgIpc) is 3.13. The monoisotopic (exact) mass is 484 g/mol. The van der Waals surface area contributed by atoms with Crippen LogP contribution < -0.4 is 4.74 Å². The maximum atomic E-state index is 12.9. The molecule has 0 radical (unpaired) electrons. The highest BCUT2D eigenvalue weighted by molar-refractivity contribution is 7.88.